The Hall–Kier alpha value is -1.56. The largest absolute Gasteiger partial charge is 0.481 e. The van der Waals surface area contributed by atoms with Gasteiger partial charge in [-0.25, -0.2) is 8.42 Å². The summed E-state index contributed by atoms with van der Waals surface area (Å²) in [7, 11) is -3.49. The van der Waals surface area contributed by atoms with E-state index in [1.165, 1.54) is 4.31 Å². The molecule has 0 heterocycles. The van der Waals surface area contributed by atoms with Crippen molar-refractivity contribution < 1.29 is 18.3 Å². The molecule has 6 heteroatoms. The number of nitrogens with zero attached hydrogens (tertiary/aromatic N) is 1. The fraction of sp³-hybridized carbons (Fsp3) is 0.533. The van der Waals surface area contributed by atoms with Crippen LogP contribution >= 0.6 is 0 Å². The topological polar surface area (TPSA) is 74.7 Å². The van der Waals surface area contributed by atoms with Crippen molar-refractivity contribution in [3.8, 4) is 0 Å². The SMILES string of the molecule is Cc1ccc(N(CCC(=O)O)S(=O)(=O)C2CCCC2)cc1. The van der Waals surface area contributed by atoms with Crippen molar-refractivity contribution >= 4 is 21.7 Å². The molecule has 0 bridgehead atoms. The number of carbonyl (C=O) groups is 1. The van der Waals surface area contributed by atoms with Crippen molar-refractivity contribution in [3.63, 3.8) is 0 Å². The molecule has 1 aromatic rings. The number of aliphatic carboxylic acids is 1. The Morgan fingerprint density at radius 2 is 1.81 bits per heavy atom. The molecule has 1 aliphatic rings. The Bertz CT molecular complexity index is 589. The summed E-state index contributed by atoms with van der Waals surface area (Å²) in [6.07, 6.45) is 2.98. The van der Waals surface area contributed by atoms with E-state index in [0.29, 0.717) is 18.5 Å². The van der Waals surface area contributed by atoms with E-state index in [-0.39, 0.29) is 18.2 Å². The van der Waals surface area contributed by atoms with Crippen molar-refractivity contribution in [1.29, 1.82) is 0 Å². The smallest absolute Gasteiger partial charge is 0.305 e. The van der Waals surface area contributed by atoms with Gasteiger partial charge in [0.05, 0.1) is 17.4 Å². The first-order chi connectivity index (χ1) is 9.91. The van der Waals surface area contributed by atoms with Gasteiger partial charge < -0.3 is 5.11 Å². The predicted molar refractivity (Wildman–Crippen MR) is 82.0 cm³/mol. The second-order valence-corrected chi connectivity index (χ2v) is 7.64. The average Bonchev–Trinajstić information content (AvgIpc) is 2.95. The minimum atomic E-state index is -3.49. The maximum absolute atomic E-state index is 12.8. The van der Waals surface area contributed by atoms with Gasteiger partial charge in [0.25, 0.3) is 0 Å². The lowest BCUT2D eigenvalue weighted by molar-refractivity contribution is -0.136. The fourth-order valence-corrected chi connectivity index (χ4v) is 4.73. The summed E-state index contributed by atoms with van der Waals surface area (Å²) in [5.74, 6) is -0.992. The fourth-order valence-electron chi connectivity index (χ4n) is 2.68. The minimum absolute atomic E-state index is 0.0166. The Morgan fingerprint density at radius 1 is 1.24 bits per heavy atom. The number of hydrogen-bond acceptors (Lipinski definition) is 3. The third-order valence-corrected chi connectivity index (χ3v) is 6.20. The van der Waals surface area contributed by atoms with Crippen LogP contribution in [0, 0.1) is 6.92 Å². The summed E-state index contributed by atoms with van der Waals surface area (Å²) < 4.78 is 26.8. The first-order valence-electron chi connectivity index (χ1n) is 7.21. The molecule has 0 radical (unpaired) electrons. The van der Waals surface area contributed by atoms with Gasteiger partial charge in [0.15, 0.2) is 0 Å². The van der Waals surface area contributed by atoms with Gasteiger partial charge in [-0.1, -0.05) is 30.5 Å². The van der Waals surface area contributed by atoms with Crippen LogP contribution in [0.4, 0.5) is 5.69 Å². The minimum Gasteiger partial charge on any atom is -0.481 e. The standard InChI is InChI=1S/C15H21NO4S/c1-12-6-8-13(9-7-12)16(11-10-15(17)18)21(19,20)14-4-2-3-5-14/h6-9,14H,2-5,10-11H2,1H3,(H,17,18). The molecule has 2 rings (SSSR count). The zero-order valence-electron chi connectivity index (χ0n) is 12.2. The number of carboxylic acid groups (broad SMARTS) is 1. The predicted octanol–water partition coefficient (Wildman–Crippen LogP) is 2.55. The second-order valence-electron chi connectivity index (χ2n) is 5.50. The van der Waals surface area contributed by atoms with Crippen LogP contribution in [0.1, 0.15) is 37.7 Å². The molecular weight excluding hydrogens is 290 g/mol. The maximum Gasteiger partial charge on any atom is 0.305 e. The number of hydrogen-bond donors (Lipinski definition) is 1. The number of rotatable bonds is 6. The number of sulfonamides is 1. The summed E-state index contributed by atoms with van der Waals surface area (Å²) in [5, 5.41) is 8.48. The van der Waals surface area contributed by atoms with Gasteiger partial charge in [-0.2, -0.15) is 0 Å². The third kappa shape index (κ3) is 3.75. The lowest BCUT2D eigenvalue weighted by Gasteiger charge is -2.27. The molecule has 0 atom stereocenters. The van der Waals surface area contributed by atoms with Gasteiger partial charge in [0.2, 0.25) is 10.0 Å². The molecular formula is C15H21NO4S. The highest BCUT2D eigenvalue weighted by molar-refractivity contribution is 7.93. The number of benzene rings is 1. The van der Waals surface area contributed by atoms with Gasteiger partial charge in [-0.15, -0.1) is 0 Å². The van der Waals surface area contributed by atoms with Crippen LogP contribution in [0.2, 0.25) is 0 Å². The summed E-state index contributed by atoms with van der Waals surface area (Å²) in [5.41, 5.74) is 1.59. The maximum atomic E-state index is 12.8. The second kappa shape index (κ2) is 6.47. The molecule has 1 saturated carbocycles. The van der Waals surface area contributed by atoms with Crippen molar-refractivity contribution in [3.05, 3.63) is 29.8 Å². The van der Waals surface area contributed by atoms with Crippen molar-refractivity contribution in [2.45, 2.75) is 44.3 Å². The van der Waals surface area contributed by atoms with Gasteiger partial charge in [0, 0.05) is 6.54 Å². The van der Waals surface area contributed by atoms with Gasteiger partial charge >= 0.3 is 5.97 Å². The summed E-state index contributed by atoms with van der Waals surface area (Å²) in [6.45, 7) is 1.91. The Kier molecular flexibility index (Phi) is 4.88. The molecule has 1 aromatic carbocycles. The quantitative estimate of drug-likeness (QED) is 0.876. The summed E-state index contributed by atoms with van der Waals surface area (Å²) >= 11 is 0. The Balaban J connectivity index is 2.30. The molecule has 0 unspecified atom stereocenters. The van der Waals surface area contributed by atoms with E-state index in [1.807, 2.05) is 19.1 Å². The van der Waals surface area contributed by atoms with Gasteiger partial charge in [-0.3, -0.25) is 9.10 Å². The van der Waals surface area contributed by atoms with Crippen LogP contribution in [-0.2, 0) is 14.8 Å². The number of anilines is 1. The first-order valence-corrected chi connectivity index (χ1v) is 8.71. The normalized spacial score (nSPS) is 16.0. The van der Waals surface area contributed by atoms with E-state index in [2.05, 4.69) is 0 Å². The molecule has 0 saturated heterocycles. The highest BCUT2D eigenvalue weighted by Crippen LogP contribution is 2.30. The van der Waals surface area contributed by atoms with Crippen molar-refractivity contribution in [2.24, 2.45) is 0 Å². The van der Waals surface area contributed by atoms with E-state index in [9.17, 15) is 13.2 Å². The van der Waals surface area contributed by atoms with E-state index >= 15 is 0 Å². The van der Waals surface area contributed by atoms with Crippen LogP contribution < -0.4 is 4.31 Å². The van der Waals surface area contributed by atoms with E-state index in [1.54, 1.807) is 12.1 Å². The van der Waals surface area contributed by atoms with Crippen LogP contribution in [0.25, 0.3) is 0 Å². The molecule has 1 aliphatic carbocycles. The number of aryl methyl sites for hydroxylation is 1. The molecule has 21 heavy (non-hydrogen) atoms. The first kappa shape index (κ1) is 15.8. The zero-order valence-corrected chi connectivity index (χ0v) is 13.0. The molecule has 0 aliphatic heterocycles. The summed E-state index contributed by atoms with van der Waals surface area (Å²) in [4.78, 5) is 10.8. The van der Waals surface area contributed by atoms with E-state index in [4.69, 9.17) is 5.11 Å². The molecule has 116 valence electrons. The van der Waals surface area contributed by atoms with Gasteiger partial charge in [-0.05, 0) is 31.9 Å². The van der Waals surface area contributed by atoms with Crippen LogP contribution in [0.15, 0.2) is 24.3 Å². The molecule has 1 N–H and O–H groups in total. The molecule has 0 spiro atoms. The zero-order chi connectivity index (χ0) is 15.5. The van der Waals surface area contributed by atoms with Gasteiger partial charge in [0.1, 0.15) is 0 Å². The van der Waals surface area contributed by atoms with Crippen LogP contribution in [-0.4, -0.2) is 31.3 Å². The number of carboxylic acids is 1. The van der Waals surface area contributed by atoms with E-state index in [0.717, 1.165) is 18.4 Å². The lowest BCUT2D eigenvalue weighted by atomic mass is 10.2. The lowest BCUT2D eigenvalue weighted by Crippen LogP contribution is -2.39. The van der Waals surface area contributed by atoms with E-state index < -0.39 is 16.0 Å². The molecule has 0 aromatic heterocycles. The third-order valence-electron chi connectivity index (χ3n) is 3.88. The highest BCUT2D eigenvalue weighted by atomic mass is 32.2. The van der Waals surface area contributed by atoms with Crippen molar-refractivity contribution in [1.82, 2.24) is 0 Å². The van der Waals surface area contributed by atoms with Crippen LogP contribution in [0.5, 0.6) is 0 Å². The molecule has 5 nitrogen and oxygen atoms in total. The van der Waals surface area contributed by atoms with Crippen LogP contribution in [0.3, 0.4) is 0 Å². The van der Waals surface area contributed by atoms with Crippen molar-refractivity contribution in [2.75, 3.05) is 10.8 Å². The monoisotopic (exact) mass is 311 g/mol. The Labute approximate surface area is 125 Å². The average molecular weight is 311 g/mol. The molecule has 1 fully saturated rings. The molecule has 0 amide bonds. The highest BCUT2D eigenvalue weighted by Gasteiger charge is 2.34. The Morgan fingerprint density at radius 3 is 2.33 bits per heavy atom. The summed E-state index contributed by atoms with van der Waals surface area (Å²) in [6, 6.07) is 7.16.